The minimum atomic E-state index is 1.19. The number of hydrogen-bond acceptors (Lipinski definition) is 0. The molecule has 1 aliphatic rings. The molecule has 0 spiro atoms. The molecule has 20 heavy (non-hydrogen) atoms. The Hall–Kier alpha value is -1.82. The lowest BCUT2D eigenvalue weighted by Crippen LogP contribution is -2.01. The molecule has 3 aromatic rings. The van der Waals surface area contributed by atoms with E-state index in [0.29, 0.717) is 0 Å². The summed E-state index contributed by atoms with van der Waals surface area (Å²) in [5.41, 5.74) is 4.43. The molecule has 0 saturated heterocycles. The van der Waals surface area contributed by atoms with Crippen molar-refractivity contribution in [3.05, 3.63) is 59.2 Å². The average Bonchev–Trinajstić information content (AvgIpc) is 2.45. The quantitative estimate of drug-likeness (QED) is 0.448. The molecule has 0 radical (unpaired) electrons. The van der Waals surface area contributed by atoms with Crippen LogP contribution in [-0.4, -0.2) is 0 Å². The van der Waals surface area contributed by atoms with E-state index in [4.69, 9.17) is 0 Å². The Morgan fingerprint density at radius 2 is 1.45 bits per heavy atom. The van der Waals surface area contributed by atoms with Gasteiger partial charge in [0.25, 0.3) is 0 Å². The van der Waals surface area contributed by atoms with Gasteiger partial charge in [-0.15, -0.1) is 0 Å². The van der Waals surface area contributed by atoms with E-state index in [1.54, 1.807) is 0 Å². The van der Waals surface area contributed by atoms with Gasteiger partial charge in [0.15, 0.2) is 0 Å². The zero-order valence-electron chi connectivity index (χ0n) is 12.7. The molecule has 0 nitrogen and oxygen atoms in total. The topological polar surface area (TPSA) is 0 Å². The number of benzene rings is 3. The summed E-state index contributed by atoms with van der Waals surface area (Å²) in [7, 11) is 0. The van der Waals surface area contributed by atoms with Gasteiger partial charge < -0.3 is 0 Å². The standard InChI is InChI=1S/C17H14.C3H8/c1-11-9-14-7-5-12-3-2-4-13-6-8-15(10-11)17(14)16(12)13;1-3-2/h2-5,7,9-10H,6,8H2,1H3;3H2,1-2H3. The summed E-state index contributed by atoms with van der Waals surface area (Å²) in [5.74, 6) is 0. The third-order valence-electron chi connectivity index (χ3n) is 3.93. The fourth-order valence-electron chi connectivity index (χ4n) is 3.25. The van der Waals surface area contributed by atoms with Gasteiger partial charge in [-0.1, -0.05) is 68.3 Å². The van der Waals surface area contributed by atoms with Crippen LogP contribution in [0, 0.1) is 6.92 Å². The van der Waals surface area contributed by atoms with Gasteiger partial charge in [0, 0.05) is 0 Å². The van der Waals surface area contributed by atoms with Gasteiger partial charge in [-0.2, -0.15) is 0 Å². The maximum atomic E-state index is 2.36. The van der Waals surface area contributed by atoms with Crippen LogP contribution in [-0.2, 0) is 12.8 Å². The first-order chi connectivity index (χ1) is 9.74. The number of rotatable bonds is 0. The molecule has 0 heteroatoms. The number of aryl methyl sites for hydroxylation is 3. The molecular formula is C20H22. The van der Waals surface area contributed by atoms with Crippen LogP contribution in [0.2, 0.25) is 0 Å². The summed E-state index contributed by atoms with van der Waals surface area (Å²) in [6.07, 6.45) is 3.63. The van der Waals surface area contributed by atoms with Crippen LogP contribution in [0.3, 0.4) is 0 Å². The second-order valence-electron chi connectivity index (χ2n) is 5.81. The van der Waals surface area contributed by atoms with E-state index in [1.165, 1.54) is 57.5 Å². The minimum Gasteiger partial charge on any atom is -0.0656 e. The van der Waals surface area contributed by atoms with Gasteiger partial charge >= 0.3 is 0 Å². The third kappa shape index (κ3) is 2.10. The van der Waals surface area contributed by atoms with E-state index in [1.807, 2.05) is 0 Å². The Balaban J connectivity index is 0.000000373. The van der Waals surface area contributed by atoms with Crippen molar-refractivity contribution >= 4 is 21.5 Å². The van der Waals surface area contributed by atoms with Gasteiger partial charge in [0.2, 0.25) is 0 Å². The van der Waals surface area contributed by atoms with Gasteiger partial charge in [-0.25, -0.2) is 0 Å². The Labute approximate surface area is 121 Å². The Morgan fingerprint density at radius 1 is 0.800 bits per heavy atom. The second kappa shape index (κ2) is 5.28. The molecule has 0 fully saturated rings. The molecule has 0 aromatic heterocycles. The lowest BCUT2D eigenvalue weighted by atomic mass is 9.85. The van der Waals surface area contributed by atoms with Crippen LogP contribution < -0.4 is 0 Å². The summed E-state index contributed by atoms with van der Waals surface area (Å²) >= 11 is 0. The Kier molecular flexibility index (Phi) is 3.48. The summed E-state index contributed by atoms with van der Waals surface area (Å²) in [6, 6.07) is 15.9. The van der Waals surface area contributed by atoms with Crippen molar-refractivity contribution in [3.63, 3.8) is 0 Å². The van der Waals surface area contributed by atoms with E-state index < -0.39 is 0 Å². The molecule has 0 heterocycles. The summed E-state index contributed by atoms with van der Waals surface area (Å²) in [4.78, 5) is 0. The Bertz CT molecular complexity index is 766. The van der Waals surface area contributed by atoms with Crippen molar-refractivity contribution in [2.45, 2.75) is 40.0 Å². The van der Waals surface area contributed by atoms with Crippen LogP contribution in [0.4, 0.5) is 0 Å². The van der Waals surface area contributed by atoms with Crippen LogP contribution in [0.25, 0.3) is 21.5 Å². The van der Waals surface area contributed by atoms with Crippen LogP contribution in [0.1, 0.15) is 37.0 Å². The molecule has 0 aliphatic heterocycles. The highest BCUT2D eigenvalue weighted by Gasteiger charge is 2.14. The van der Waals surface area contributed by atoms with Crippen molar-refractivity contribution in [2.24, 2.45) is 0 Å². The summed E-state index contributed by atoms with van der Waals surface area (Å²) in [5, 5.41) is 5.78. The maximum absolute atomic E-state index is 2.36. The molecule has 0 unspecified atom stereocenters. The highest BCUT2D eigenvalue weighted by Crippen LogP contribution is 2.36. The molecule has 1 aliphatic carbocycles. The molecule has 4 rings (SSSR count). The molecule has 0 bridgehead atoms. The molecule has 102 valence electrons. The monoisotopic (exact) mass is 262 g/mol. The van der Waals surface area contributed by atoms with E-state index >= 15 is 0 Å². The highest BCUT2D eigenvalue weighted by molar-refractivity contribution is 6.11. The van der Waals surface area contributed by atoms with Crippen molar-refractivity contribution in [3.8, 4) is 0 Å². The first kappa shape index (κ1) is 13.2. The van der Waals surface area contributed by atoms with E-state index in [2.05, 4.69) is 63.2 Å². The van der Waals surface area contributed by atoms with E-state index in [9.17, 15) is 0 Å². The average molecular weight is 262 g/mol. The molecule has 3 aromatic carbocycles. The van der Waals surface area contributed by atoms with E-state index in [-0.39, 0.29) is 0 Å². The molecule has 0 N–H and O–H groups in total. The van der Waals surface area contributed by atoms with Crippen molar-refractivity contribution in [1.82, 2.24) is 0 Å². The number of hydrogen-bond donors (Lipinski definition) is 0. The fraction of sp³-hybridized carbons (Fsp3) is 0.300. The van der Waals surface area contributed by atoms with E-state index in [0.717, 1.165) is 0 Å². The predicted molar refractivity (Wildman–Crippen MR) is 89.6 cm³/mol. The van der Waals surface area contributed by atoms with Crippen LogP contribution >= 0.6 is 0 Å². The first-order valence-corrected chi connectivity index (χ1v) is 7.68. The van der Waals surface area contributed by atoms with Gasteiger partial charge in [0.1, 0.15) is 0 Å². The van der Waals surface area contributed by atoms with Crippen LogP contribution in [0.15, 0.2) is 42.5 Å². The van der Waals surface area contributed by atoms with Crippen molar-refractivity contribution < 1.29 is 0 Å². The normalized spacial score (nSPS) is 12.6. The van der Waals surface area contributed by atoms with Crippen molar-refractivity contribution in [1.29, 1.82) is 0 Å². The van der Waals surface area contributed by atoms with Gasteiger partial charge in [-0.05, 0) is 52.4 Å². The SMILES string of the molecule is CCC.Cc1cc2c3c(ccc4cccc(c43)CC2)c1. The Morgan fingerprint density at radius 3 is 2.25 bits per heavy atom. The summed E-state index contributed by atoms with van der Waals surface area (Å²) < 4.78 is 0. The van der Waals surface area contributed by atoms with Crippen molar-refractivity contribution in [2.75, 3.05) is 0 Å². The lowest BCUT2D eigenvalue weighted by Gasteiger charge is -2.19. The largest absolute Gasteiger partial charge is 0.0656 e. The summed E-state index contributed by atoms with van der Waals surface area (Å²) in [6.45, 7) is 6.45. The minimum absolute atomic E-state index is 1.19. The zero-order chi connectivity index (χ0) is 14.1. The predicted octanol–water partition coefficient (Wildman–Crippen LogP) is 5.82. The molecule has 0 atom stereocenters. The van der Waals surface area contributed by atoms with Crippen LogP contribution in [0.5, 0.6) is 0 Å². The zero-order valence-corrected chi connectivity index (χ0v) is 12.7. The lowest BCUT2D eigenvalue weighted by molar-refractivity contribution is 0.966. The molecule has 0 saturated carbocycles. The molecule has 0 amide bonds. The van der Waals surface area contributed by atoms with Gasteiger partial charge in [-0.3, -0.25) is 0 Å². The van der Waals surface area contributed by atoms with Gasteiger partial charge in [0.05, 0.1) is 0 Å². The smallest absolute Gasteiger partial charge is 0.00702 e. The maximum Gasteiger partial charge on any atom is -0.00702 e. The first-order valence-electron chi connectivity index (χ1n) is 7.68. The fourth-order valence-corrected chi connectivity index (χ4v) is 3.25. The third-order valence-corrected chi connectivity index (χ3v) is 3.93. The highest BCUT2D eigenvalue weighted by atomic mass is 14.2. The second-order valence-corrected chi connectivity index (χ2v) is 5.81. The molecular weight excluding hydrogens is 240 g/mol.